The molecule has 4 fully saturated rings. The van der Waals surface area contributed by atoms with E-state index in [-0.39, 0.29) is 43.6 Å². The van der Waals surface area contributed by atoms with Crippen LogP contribution in [0.25, 0.3) is 27.4 Å². The molecule has 0 N–H and O–H groups in total. The van der Waals surface area contributed by atoms with Gasteiger partial charge in [-0.2, -0.15) is 0 Å². The summed E-state index contributed by atoms with van der Waals surface area (Å²) in [6.45, 7) is 5.29. The van der Waals surface area contributed by atoms with Crippen LogP contribution in [0.5, 0.6) is 0 Å². The number of fused-ring (bicyclic) bond motifs is 8. The average molecular weight is 1900 g/mol. The Balaban J connectivity index is 0.000000115. The number of ether oxygens (including phenoxy) is 4. The van der Waals surface area contributed by atoms with Crippen LogP contribution in [0.1, 0.15) is 63.9 Å². The second kappa shape index (κ2) is 46.3. The Bertz CT molecular complexity index is 5240. The zero-order valence-corrected chi connectivity index (χ0v) is 77.8. The van der Waals surface area contributed by atoms with Gasteiger partial charge in [0, 0.05) is 72.7 Å². The Morgan fingerprint density at radius 3 is 0.858 bits per heavy atom. The molecule has 6 nitrogen and oxygen atoms in total. The number of nitrogens with zero attached hydrogens (tertiary/aromatic N) is 2. The van der Waals surface area contributed by atoms with Crippen LogP contribution in [0.2, 0.25) is 0 Å². The molecule has 4 atom stereocenters. The maximum atomic E-state index is 13.8. The minimum Gasteiger partial charge on any atom is -0.347 e. The molecular weight excluding hydrogens is 1800 g/mol. The van der Waals surface area contributed by atoms with E-state index in [0.29, 0.717) is 31.0 Å². The Morgan fingerprint density at radius 1 is 0.307 bits per heavy atom. The summed E-state index contributed by atoms with van der Waals surface area (Å²) < 4.78 is 51.1. The van der Waals surface area contributed by atoms with Crippen molar-refractivity contribution in [3.8, 4) is 0 Å². The van der Waals surface area contributed by atoms with E-state index in [1.54, 1.807) is 36.0 Å². The number of hydrogen-bond donors (Lipinski definition) is 0. The van der Waals surface area contributed by atoms with Gasteiger partial charge in [0.15, 0.2) is 11.6 Å². The van der Waals surface area contributed by atoms with Crippen molar-refractivity contribution in [3.63, 3.8) is 0 Å². The topological polar surface area (TPSA) is 62.7 Å². The van der Waals surface area contributed by atoms with Crippen molar-refractivity contribution in [3.05, 3.63) is 464 Å². The van der Waals surface area contributed by atoms with Crippen molar-refractivity contribution in [2.45, 2.75) is 69.9 Å². The minimum absolute atomic E-state index is 0. The molecule has 22 rings (SSSR count). The van der Waals surface area contributed by atoms with Gasteiger partial charge in [-0.15, -0.1) is 0 Å². The number of rotatable bonds is 13. The summed E-state index contributed by atoms with van der Waals surface area (Å²) in [7, 11) is -1.78. The molecule has 2 spiro atoms. The third-order valence-electron chi connectivity index (χ3n) is 23.9. The molecule has 0 radical (unpaired) electrons. The quantitative estimate of drug-likeness (QED) is 0.0651. The predicted octanol–water partition coefficient (Wildman–Crippen LogP) is 23.7. The molecule has 16 aromatic rings. The van der Waals surface area contributed by atoms with Crippen molar-refractivity contribution in [2.75, 3.05) is 26.4 Å². The second-order valence-corrected chi connectivity index (χ2v) is 41.5. The zero-order chi connectivity index (χ0) is 86.0. The van der Waals surface area contributed by atoms with E-state index in [9.17, 15) is 8.78 Å². The van der Waals surface area contributed by atoms with Gasteiger partial charge in [0.05, 0.1) is 37.5 Å². The maximum absolute atomic E-state index is 13.8. The van der Waals surface area contributed by atoms with Gasteiger partial charge in [-0.1, -0.05) is 398 Å². The third kappa shape index (κ3) is 23.7. The summed E-state index contributed by atoms with van der Waals surface area (Å²) >= 11 is 3.32. The molecule has 2 saturated carbocycles. The third-order valence-corrected chi connectivity index (χ3v) is 34.4. The van der Waals surface area contributed by atoms with Crippen LogP contribution in [0, 0.1) is 35.3 Å². The fraction of sp³-hybridized carbons (Fsp3) is 0.168. The smallest absolute Gasteiger partial charge is 0.171 e. The first-order valence-electron chi connectivity index (χ1n) is 43.6. The van der Waals surface area contributed by atoms with Crippen LogP contribution < -0.4 is 63.7 Å². The number of halogens is 3. The molecule has 14 heteroatoms. The van der Waals surface area contributed by atoms with Gasteiger partial charge in [0.2, 0.25) is 0 Å². The molecule has 2 saturated heterocycles. The second-order valence-electron chi connectivity index (χ2n) is 31.8. The van der Waals surface area contributed by atoms with Crippen LogP contribution >= 0.6 is 47.6 Å². The summed E-state index contributed by atoms with van der Waals surface area (Å²) in [5, 5.41) is 18.5. The van der Waals surface area contributed by atoms with Crippen molar-refractivity contribution >= 4 is 139 Å². The van der Waals surface area contributed by atoms with E-state index < -0.39 is 31.7 Å². The zero-order valence-electron chi connectivity index (χ0n) is 71.1. The van der Waals surface area contributed by atoms with Crippen molar-refractivity contribution in [1.29, 1.82) is 0 Å². The number of allylic oxidation sites excluding steroid dienone is 4. The molecule has 6 aliphatic rings. The van der Waals surface area contributed by atoms with E-state index in [2.05, 4.69) is 409 Å². The van der Waals surface area contributed by atoms with E-state index >= 15 is 0 Å². The van der Waals surface area contributed by atoms with Gasteiger partial charge in [0.1, 0.15) is 11.6 Å². The molecular formula is C113H103BrF2N2O4P4Pd. The molecule has 0 amide bonds. The SMILES string of the molecule is CC1=CCC2CC1CCC21OCCO1.Fc1ccc2nccc(Br)c2c1.Fc1ccc2nccc(C3=CCC4CC3CCC43OCCO3)c2c1.[Pd].c1ccc(P(c2ccccc2)c2ccccc2)cc1.c1ccc(P(c2ccccc2)c2ccccc2)cc1.c1ccc(P(c2ccccc2)c2ccccc2)cc1.c1ccc(P(c2ccccc2)c2ccccc2)cc1. The van der Waals surface area contributed by atoms with Crippen molar-refractivity contribution in [2.24, 2.45) is 23.7 Å². The van der Waals surface area contributed by atoms with Crippen LogP contribution in [0.15, 0.2) is 447 Å². The van der Waals surface area contributed by atoms with Gasteiger partial charge < -0.3 is 18.9 Å². The van der Waals surface area contributed by atoms with Crippen LogP contribution in [-0.4, -0.2) is 48.0 Å². The monoisotopic (exact) mass is 1900 g/mol. The fourth-order valence-corrected chi connectivity index (χ4v) is 27.5. The first-order valence-corrected chi connectivity index (χ1v) is 49.8. The Hall–Kier alpha value is -10.1. The molecule has 4 bridgehead atoms. The van der Waals surface area contributed by atoms with Gasteiger partial charge in [-0.3, -0.25) is 9.97 Å². The van der Waals surface area contributed by atoms with Gasteiger partial charge >= 0.3 is 0 Å². The van der Waals surface area contributed by atoms with Gasteiger partial charge in [-0.25, -0.2) is 8.78 Å². The van der Waals surface area contributed by atoms with Gasteiger partial charge in [-0.05, 0) is 212 Å². The van der Waals surface area contributed by atoms with Gasteiger partial charge in [0.25, 0.3) is 0 Å². The first-order chi connectivity index (χ1) is 62.1. The Morgan fingerprint density at radius 2 is 0.559 bits per heavy atom. The Labute approximate surface area is 774 Å². The number of aromatic nitrogens is 2. The molecule has 14 aromatic carbocycles. The van der Waals surface area contributed by atoms with E-state index in [1.165, 1.54) is 100 Å². The van der Waals surface area contributed by atoms with E-state index in [1.807, 2.05) is 12.3 Å². The molecule has 640 valence electrons. The summed E-state index contributed by atoms with van der Waals surface area (Å²) in [5.41, 5.74) is 5.72. The number of pyridine rings is 2. The molecule has 127 heavy (non-hydrogen) atoms. The first kappa shape index (κ1) is 91.7. The standard InChI is InChI=1S/C20H20FNO2.4C18H15P.C12H18O2.C9H5BrFN.Pd/c21-15-2-4-19-18(12-15)17(6-8-22-19)16-3-1-14-11-13(16)5-7-20(14)23-9-10-24-20;4*1-4-10-16(11-5-1)19(17-12-6-2-7-13-17)18-14-8-3-9-15-18;1-9-2-3-11-8-10(9)4-5-12(11)13-6-7-14-12;10-8-3-4-12-9-2-1-6(11)5-7(8)9;/h2-4,6,8,12-14H,1,5,7,9-11H2;4*1-15H;2,10-11H,3-8H2,1H3;1-5H;. The van der Waals surface area contributed by atoms with Crippen molar-refractivity contribution < 1.29 is 48.2 Å². The molecule has 4 heterocycles. The molecule has 2 aromatic heterocycles. The minimum atomic E-state index is -0.446. The Kier molecular flexibility index (Phi) is 33.4. The van der Waals surface area contributed by atoms with Crippen molar-refractivity contribution in [1.82, 2.24) is 9.97 Å². The molecule has 2 aliphatic heterocycles. The van der Waals surface area contributed by atoms with Crippen LogP contribution in [0.3, 0.4) is 0 Å². The summed E-state index contributed by atoms with van der Waals surface area (Å²) in [6, 6.07) is 143. The molecule has 4 aliphatic carbocycles. The van der Waals surface area contributed by atoms with E-state index in [0.717, 1.165) is 89.5 Å². The normalized spacial score (nSPS) is 17.1. The summed E-state index contributed by atoms with van der Waals surface area (Å²) in [5.74, 6) is 1.39. The van der Waals surface area contributed by atoms with Crippen LogP contribution in [0.4, 0.5) is 8.78 Å². The largest absolute Gasteiger partial charge is 0.347 e. The number of hydrogen-bond acceptors (Lipinski definition) is 6. The predicted molar refractivity (Wildman–Crippen MR) is 534 cm³/mol. The average Bonchev–Trinajstić information content (AvgIpc) is 1.74. The maximum Gasteiger partial charge on any atom is 0.171 e. The fourth-order valence-electron chi connectivity index (χ4n) is 17.8. The van der Waals surface area contributed by atoms with E-state index in [4.69, 9.17) is 18.9 Å². The number of benzene rings is 14. The summed E-state index contributed by atoms with van der Waals surface area (Å²) in [6.07, 6.45) is 17.1. The summed E-state index contributed by atoms with van der Waals surface area (Å²) in [4.78, 5) is 8.47. The molecule has 4 unspecified atom stereocenters. The van der Waals surface area contributed by atoms with Crippen LogP contribution in [-0.2, 0) is 39.4 Å².